The molecule has 0 fully saturated rings. The number of likely N-dealkylation sites (N-methyl/N-ethyl adjacent to an activating group) is 2. The molecule has 0 rings (SSSR count). The monoisotopic (exact) mass is 216 g/mol. The largest absolute Gasteiger partial charge is 1.00 e. The van der Waals surface area contributed by atoms with Gasteiger partial charge in [-0.15, -0.1) is 12.4 Å². The van der Waals surface area contributed by atoms with Crippen molar-refractivity contribution in [2.75, 3.05) is 41.8 Å². The van der Waals surface area contributed by atoms with Crippen LogP contribution in [0, 0.1) is 0 Å². The van der Waals surface area contributed by atoms with Gasteiger partial charge in [-0.3, -0.25) is 0 Å². The van der Waals surface area contributed by atoms with Gasteiger partial charge in [0, 0.05) is 0 Å². The molecule has 0 bridgehead atoms. The van der Waals surface area contributed by atoms with Gasteiger partial charge >= 0.3 is 0 Å². The highest BCUT2D eigenvalue weighted by atomic mass is 35.5. The predicted octanol–water partition coefficient (Wildman–Crippen LogP) is -1.93. The zero-order valence-corrected chi connectivity index (χ0v) is 10.5. The lowest BCUT2D eigenvalue weighted by Gasteiger charge is -2.30. The molecule has 0 aromatic carbocycles. The van der Waals surface area contributed by atoms with Crippen LogP contribution in [-0.4, -0.2) is 57.2 Å². The highest BCUT2D eigenvalue weighted by molar-refractivity contribution is 5.85. The van der Waals surface area contributed by atoms with E-state index in [1.54, 1.807) is 0 Å². The van der Waals surface area contributed by atoms with Gasteiger partial charge in [0.2, 0.25) is 0 Å². The molecule has 0 saturated carbocycles. The van der Waals surface area contributed by atoms with Crippen LogP contribution in [0.2, 0.25) is 0 Å². The molecular formula is C8H22Cl2N2. The first kappa shape index (κ1) is 18.3. The van der Waals surface area contributed by atoms with Gasteiger partial charge in [-0.1, -0.05) is 0 Å². The van der Waals surface area contributed by atoms with E-state index < -0.39 is 0 Å². The molecule has 78 valence electrons. The highest BCUT2D eigenvalue weighted by Crippen LogP contribution is 1.98. The summed E-state index contributed by atoms with van der Waals surface area (Å²) in [5.41, 5.74) is 0. The van der Waals surface area contributed by atoms with Crippen LogP contribution in [0.15, 0.2) is 0 Å². The molecule has 0 aromatic heterocycles. The Morgan fingerprint density at radius 3 is 1.58 bits per heavy atom. The van der Waals surface area contributed by atoms with Gasteiger partial charge in [0.25, 0.3) is 0 Å². The fourth-order valence-electron chi connectivity index (χ4n) is 0.956. The second-order valence-corrected chi connectivity index (χ2v) is 4.29. The SMILES string of the molecule is CC(C[N+](C)(C)C)N(C)C.Cl.[Cl-]. The summed E-state index contributed by atoms with van der Waals surface area (Å²) in [5, 5.41) is 0. The van der Waals surface area contributed by atoms with Crippen molar-refractivity contribution in [1.29, 1.82) is 0 Å². The predicted molar refractivity (Wildman–Crippen MR) is 53.3 cm³/mol. The Morgan fingerprint density at radius 2 is 1.50 bits per heavy atom. The van der Waals surface area contributed by atoms with Crippen molar-refractivity contribution in [1.82, 2.24) is 4.90 Å². The maximum atomic E-state index is 2.25. The average molecular weight is 217 g/mol. The van der Waals surface area contributed by atoms with Crippen molar-refractivity contribution in [3.05, 3.63) is 0 Å². The van der Waals surface area contributed by atoms with E-state index in [1.165, 1.54) is 6.54 Å². The van der Waals surface area contributed by atoms with E-state index in [4.69, 9.17) is 0 Å². The standard InChI is InChI=1S/C8H21N2.2ClH/c1-8(9(2)3)7-10(4,5)6;;/h8H,7H2,1-6H3;2*1H/q+1;;/p-1. The highest BCUT2D eigenvalue weighted by Gasteiger charge is 2.14. The summed E-state index contributed by atoms with van der Waals surface area (Å²) >= 11 is 0. The average Bonchev–Trinajstić information content (AvgIpc) is 1.60. The number of hydrogen-bond donors (Lipinski definition) is 0. The topological polar surface area (TPSA) is 3.24 Å². The number of quaternary nitrogens is 1. The molecule has 1 atom stereocenters. The molecule has 2 nitrogen and oxygen atoms in total. The molecule has 0 heterocycles. The Kier molecular flexibility index (Phi) is 10.6. The van der Waals surface area contributed by atoms with Gasteiger partial charge in [-0.25, -0.2) is 0 Å². The molecule has 1 unspecified atom stereocenters. The molecular weight excluding hydrogens is 195 g/mol. The number of halogens is 2. The van der Waals surface area contributed by atoms with Crippen LogP contribution in [0.5, 0.6) is 0 Å². The molecule has 0 spiro atoms. The minimum Gasteiger partial charge on any atom is -1.00 e. The zero-order valence-electron chi connectivity index (χ0n) is 8.97. The van der Waals surface area contributed by atoms with Crippen LogP contribution in [0.1, 0.15) is 6.92 Å². The van der Waals surface area contributed by atoms with Crippen LogP contribution >= 0.6 is 12.4 Å². The van der Waals surface area contributed by atoms with Crippen LogP contribution in [-0.2, 0) is 0 Å². The molecule has 0 amide bonds. The third-order valence-electron chi connectivity index (χ3n) is 1.69. The van der Waals surface area contributed by atoms with Crippen molar-refractivity contribution < 1.29 is 16.9 Å². The third-order valence-corrected chi connectivity index (χ3v) is 1.69. The van der Waals surface area contributed by atoms with E-state index in [-0.39, 0.29) is 24.8 Å². The van der Waals surface area contributed by atoms with Crippen molar-refractivity contribution in [3.8, 4) is 0 Å². The minimum atomic E-state index is 0. The van der Waals surface area contributed by atoms with Crippen LogP contribution in [0.4, 0.5) is 0 Å². The Bertz CT molecular complexity index is 99.7. The van der Waals surface area contributed by atoms with E-state index in [2.05, 4.69) is 47.1 Å². The first-order valence-electron chi connectivity index (χ1n) is 3.80. The zero-order chi connectivity index (χ0) is 8.36. The number of rotatable bonds is 3. The lowest BCUT2D eigenvalue weighted by atomic mass is 10.3. The summed E-state index contributed by atoms with van der Waals surface area (Å²) < 4.78 is 1.04. The summed E-state index contributed by atoms with van der Waals surface area (Å²) in [7, 11) is 10.9. The summed E-state index contributed by atoms with van der Waals surface area (Å²) in [4.78, 5) is 2.25. The summed E-state index contributed by atoms with van der Waals surface area (Å²) in [6, 6.07) is 0.667. The fraction of sp³-hybridized carbons (Fsp3) is 1.00. The molecule has 4 heteroatoms. The first-order chi connectivity index (χ1) is 4.33. The smallest absolute Gasteiger partial charge is 0.0935 e. The number of hydrogen-bond acceptors (Lipinski definition) is 1. The number of nitrogens with zero attached hydrogens (tertiary/aromatic N) is 2. The van der Waals surface area contributed by atoms with Gasteiger partial charge in [0.05, 0.1) is 33.7 Å². The fourth-order valence-corrected chi connectivity index (χ4v) is 0.956. The van der Waals surface area contributed by atoms with E-state index in [1.807, 2.05) is 0 Å². The van der Waals surface area contributed by atoms with Gasteiger partial charge in [0.1, 0.15) is 0 Å². The second kappa shape index (κ2) is 6.96. The Labute approximate surface area is 89.3 Å². The quantitative estimate of drug-likeness (QED) is 0.498. The summed E-state index contributed by atoms with van der Waals surface area (Å²) in [6.45, 7) is 3.45. The van der Waals surface area contributed by atoms with Gasteiger partial charge in [-0.2, -0.15) is 0 Å². The van der Waals surface area contributed by atoms with Crippen LogP contribution in [0.3, 0.4) is 0 Å². The normalized spacial score (nSPS) is 13.2. The third kappa shape index (κ3) is 10.5. The maximum absolute atomic E-state index is 2.25. The van der Waals surface area contributed by atoms with E-state index in [9.17, 15) is 0 Å². The molecule has 0 aliphatic heterocycles. The molecule has 0 aliphatic carbocycles. The summed E-state index contributed by atoms with van der Waals surface area (Å²) in [5.74, 6) is 0. The van der Waals surface area contributed by atoms with E-state index in [0.717, 1.165) is 4.48 Å². The first-order valence-corrected chi connectivity index (χ1v) is 3.80. The van der Waals surface area contributed by atoms with Gasteiger partial charge < -0.3 is 21.8 Å². The minimum absolute atomic E-state index is 0. The van der Waals surface area contributed by atoms with Crippen LogP contribution < -0.4 is 12.4 Å². The van der Waals surface area contributed by atoms with Gasteiger partial charge in [-0.05, 0) is 21.0 Å². The van der Waals surface area contributed by atoms with E-state index >= 15 is 0 Å². The molecule has 0 N–H and O–H groups in total. The van der Waals surface area contributed by atoms with Crippen molar-refractivity contribution in [2.24, 2.45) is 0 Å². The second-order valence-electron chi connectivity index (χ2n) is 4.29. The van der Waals surface area contributed by atoms with Crippen molar-refractivity contribution in [2.45, 2.75) is 13.0 Å². The summed E-state index contributed by atoms with van der Waals surface area (Å²) in [6.07, 6.45) is 0. The molecule has 12 heavy (non-hydrogen) atoms. The van der Waals surface area contributed by atoms with Crippen molar-refractivity contribution in [3.63, 3.8) is 0 Å². The Balaban J connectivity index is -0.000000405. The molecule has 0 aromatic rings. The molecule has 0 saturated heterocycles. The van der Waals surface area contributed by atoms with E-state index in [0.29, 0.717) is 6.04 Å². The Morgan fingerprint density at radius 1 is 1.17 bits per heavy atom. The molecule has 0 radical (unpaired) electrons. The lowest BCUT2D eigenvalue weighted by Crippen LogP contribution is -3.00. The molecule has 0 aliphatic rings. The Hall–Kier alpha value is 0.500. The van der Waals surface area contributed by atoms with Crippen LogP contribution in [0.25, 0.3) is 0 Å². The van der Waals surface area contributed by atoms with Crippen molar-refractivity contribution >= 4 is 12.4 Å². The lowest BCUT2D eigenvalue weighted by molar-refractivity contribution is -0.872. The van der Waals surface area contributed by atoms with Gasteiger partial charge in [0.15, 0.2) is 0 Å². The maximum Gasteiger partial charge on any atom is 0.0935 e.